The first kappa shape index (κ1) is 16.7. The lowest BCUT2D eigenvalue weighted by molar-refractivity contribution is -0.292. The molecule has 2 aliphatic carbocycles. The van der Waals surface area contributed by atoms with Gasteiger partial charge in [0.05, 0.1) is 6.10 Å². The second-order valence-electron chi connectivity index (χ2n) is 9.09. The molecule has 3 fully saturated rings. The Morgan fingerprint density at radius 3 is 1.82 bits per heavy atom. The summed E-state index contributed by atoms with van der Waals surface area (Å²) in [5.74, 6) is 2.21. The largest absolute Gasteiger partial charge is 0.393 e. The van der Waals surface area contributed by atoms with Gasteiger partial charge in [0.1, 0.15) is 0 Å². The molecule has 0 aromatic heterocycles. The van der Waals surface area contributed by atoms with Crippen molar-refractivity contribution in [3.05, 3.63) is 0 Å². The first-order valence-electron chi connectivity index (χ1n) is 9.54. The Hall–Kier alpha value is -0.120. The predicted octanol–water partition coefficient (Wildman–Crippen LogP) is 4.37. The summed E-state index contributed by atoms with van der Waals surface area (Å²) < 4.78 is 0. The predicted molar refractivity (Wildman–Crippen MR) is 88.8 cm³/mol. The lowest BCUT2D eigenvalue weighted by Gasteiger charge is -2.60. The molecule has 3 nitrogen and oxygen atoms in total. The van der Waals surface area contributed by atoms with Crippen molar-refractivity contribution in [3.63, 3.8) is 0 Å². The van der Waals surface area contributed by atoms with Gasteiger partial charge in [0.2, 0.25) is 0 Å². The lowest BCUT2D eigenvalue weighted by Crippen LogP contribution is -2.66. The number of hydrogen-bond donors (Lipinski definition) is 2. The summed E-state index contributed by atoms with van der Waals surface area (Å²) in [4.78, 5) is 0. The van der Waals surface area contributed by atoms with Gasteiger partial charge in [-0.25, -0.2) is 0 Å². The summed E-state index contributed by atoms with van der Waals surface area (Å²) in [6, 6.07) is 0. The second-order valence-corrected chi connectivity index (χ2v) is 9.09. The van der Waals surface area contributed by atoms with Gasteiger partial charge in [-0.2, -0.15) is 5.06 Å². The van der Waals surface area contributed by atoms with E-state index in [0.29, 0.717) is 11.8 Å². The van der Waals surface area contributed by atoms with E-state index >= 15 is 0 Å². The van der Waals surface area contributed by atoms with Crippen molar-refractivity contribution in [1.29, 1.82) is 0 Å². The molecule has 128 valence electrons. The third-order valence-electron chi connectivity index (χ3n) is 7.22. The lowest BCUT2D eigenvalue weighted by atomic mass is 9.60. The van der Waals surface area contributed by atoms with E-state index in [0.717, 1.165) is 57.3 Å². The van der Waals surface area contributed by atoms with Gasteiger partial charge >= 0.3 is 0 Å². The van der Waals surface area contributed by atoms with E-state index < -0.39 is 0 Å². The molecule has 3 heteroatoms. The summed E-state index contributed by atoms with van der Waals surface area (Å²) in [6.45, 7) is 7.05. The maximum absolute atomic E-state index is 11.3. The van der Waals surface area contributed by atoms with Crippen LogP contribution in [0.3, 0.4) is 0 Å². The van der Waals surface area contributed by atoms with Gasteiger partial charge in [0, 0.05) is 11.1 Å². The first-order chi connectivity index (χ1) is 10.4. The zero-order valence-corrected chi connectivity index (χ0v) is 14.7. The molecule has 3 rings (SSSR count). The maximum atomic E-state index is 11.3. The fourth-order valence-corrected chi connectivity index (χ4v) is 5.47. The fourth-order valence-electron chi connectivity index (χ4n) is 5.47. The summed E-state index contributed by atoms with van der Waals surface area (Å²) in [5.41, 5.74) is -0.0466. The van der Waals surface area contributed by atoms with E-state index in [1.54, 1.807) is 0 Å². The zero-order chi connectivity index (χ0) is 16.0. The minimum Gasteiger partial charge on any atom is -0.393 e. The smallest absolute Gasteiger partial charge is 0.0541 e. The van der Waals surface area contributed by atoms with Crippen molar-refractivity contribution < 1.29 is 10.3 Å². The van der Waals surface area contributed by atoms with Gasteiger partial charge in [-0.05, 0) is 82.0 Å². The molecule has 2 saturated carbocycles. The van der Waals surface area contributed by atoms with Crippen LogP contribution in [0.4, 0.5) is 0 Å². The number of hydroxylamine groups is 2. The van der Waals surface area contributed by atoms with Crippen LogP contribution < -0.4 is 0 Å². The van der Waals surface area contributed by atoms with E-state index in [4.69, 9.17) is 0 Å². The minimum absolute atomic E-state index is 0.0159. The Morgan fingerprint density at radius 2 is 1.36 bits per heavy atom. The van der Waals surface area contributed by atoms with Gasteiger partial charge in [-0.15, -0.1) is 0 Å². The van der Waals surface area contributed by atoms with Gasteiger partial charge in [-0.1, -0.05) is 20.8 Å². The van der Waals surface area contributed by atoms with Crippen LogP contribution in [0.5, 0.6) is 0 Å². The Kier molecular flexibility index (Phi) is 4.61. The quantitative estimate of drug-likeness (QED) is 0.756. The number of piperidine rings is 1. The van der Waals surface area contributed by atoms with E-state index in [1.165, 1.54) is 12.8 Å². The summed E-state index contributed by atoms with van der Waals surface area (Å²) >= 11 is 0. The highest BCUT2D eigenvalue weighted by Gasteiger charge is 2.55. The molecule has 22 heavy (non-hydrogen) atoms. The summed E-state index contributed by atoms with van der Waals surface area (Å²) in [6.07, 6.45) is 10.6. The molecule has 1 aliphatic heterocycles. The van der Waals surface area contributed by atoms with E-state index in [1.807, 2.05) is 5.06 Å². The van der Waals surface area contributed by atoms with Crippen molar-refractivity contribution in [3.8, 4) is 0 Å². The monoisotopic (exact) mass is 309 g/mol. The Bertz CT molecular complexity index is 347. The molecule has 0 aromatic rings. The van der Waals surface area contributed by atoms with Crippen LogP contribution in [0.15, 0.2) is 0 Å². The Balaban J connectivity index is 1.87. The standard InChI is InChI=1S/C19H35NO2/c1-14(2)16-12-18(8-4-15(3)5-9-18)20(22)19(13-16)10-6-17(21)7-11-19/h14-17,21-22H,4-13H2,1-3H3. The van der Waals surface area contributed by atoms with Crippen molar-refractivity contribution in [2.75, 3.05) is 0 Å². The van der Waals surface area contributed by atoms with Crippen LogP contribution in [0.25, 0.3) is 0 Å². The third kappa shape index (κ3) is 2.85. The second kappa shape index (κ2) is 6.07. The van der Waals surface area contributed by atoms with Gasteiger partial charge in [0.15, 0.2) is 0 Å². The Morgan fingerprint density at radius 1 is 0.909 bits per heavy atom. The number of hydrogen-bond acceptors (Lipinski definition) is 3. The maximum Gasteiger partial charge on any atom is 0.0541 e. The molecular weight excluding hydrogens is 274 g/mol. The highest BCUT2D eigenvalue weighted by atomic mass is 16.5. The van der Waals surface area contributed by atoms with Crippen LogP contribution in [0.2, 0.25) is 0 Å². The van der Waals surface area contributed by atoms with Crippen LogP contribution >= 0.6 is 0 Å². The summed E-state index contributed by atoms with van der Waals surface area (Å²) in [5, 5.41) is 23.0. The van der Waals surface area contributed by atoms with Crippen LogP contribution in [0, 0.1) is 17.8 Å². The van der Waals surface area contributed by atoms with Crippen molar-refractivity contribution in [2.45, 2.75) is 102 Å². The topological polar surface area (TPSA) is 43.7 Å². The highest BCUT2D eigenvalue weighted by molar-refractivity contribution is 5.07. The number of nitrogens with zero attached hydrogens (tertiary/aromatic N) is 1. The van der Waals surface area contributed by atoms with Crippen LogP contribution in [0.1, 0.15) is 85.0 Å². The number of aliphatic hydroxyl groups excluding tert-OH is 1. The van der Waals surface area contributed by atoms with E-state index in [-0.39, 0.29) is 17.2 Å². The van der Waals surface area contributed by atoms with Crippen molar-refractivity contribution in [2.24, 2.45) is 17.8 Å². The SMILES string of the molecule is CC1CCC2(CC1)CC(C(C)C)CC1(CCC(O)CC1)N2O. The van der Waals surface area contributed by atoms with E-state index in [9.17, 15) is 10.3 Å². The molecule has 2 spiro atoms. The van der Waals surface area contributed by atoms with Crippen LogP contribution in [-0.2, 0) is 0 Å². The number of aliphatic hydroxyl groups is 1. The molecule has 0 bridgehead atoms. The van der Waals surface area contributed by atoms with Gasteiger partial charge in [0.25, 0.3) is 0 Å². The molecule has 0 radical (unpaired) electrons. The Labute approximate surface area is 136 Å². The van der Waals surface area contributed by atoms with Gasteiger partial charge in [-0.3, -0.25) is 0 Å². The minimum atomic E-state index is -0.152. The molecule has 3 aliphatic rings. The molecule has 1 saturated heterocycles. The number of rotatable bonds is 1. The molecule has 0 amide bonds. The molecule has 1 unspecified atom stereocenters. The molecule has 1 heterocycles. The molecule has 2 N–H and O–H groups in total. The normalized spacial score (nSPS) is 47.5. The molecule has 1 atom stereocenters. The average molecular weight is 309 g/mol. The van der Waals surface area contributed by atoms with Crippen molar-refractivity contribution in [1.82, 2.24) is 5.06 Å². The molecular formula is C19H35NO2. The first-order valence-corrected chi connectivity index (χ1v) is 9.54. The third-order valence-corrected chi connectivity index (χ3v) is 7.22. The fraction of sp³-hybridized carbons (Fsp3) is 1.00. The zero-order valence-electron chi connectivity index (χ0n) is 14.7. The summed E-state index contributed by atoms with van der Waals surface area (Å²) in [7, 11) is 0. The van der Waals surface area contributed by atoms with Crippen LogP contribution in [-0.4, -0.2) is 32.6 Å². The van der Waals surface area contributed by atoms with E-state index in [2.05, 4.69) is 20.8 Å². The average Bonchev–Trinajstić information content (AvgIpc) is 2.50. The van der Waals surface area contributed by atoms with Gasteiger partial charge < -0.3 is 10.3 Å². The highest BCUT2D eigenvalue weighted by Crippen LogP contribution is 2.54. The van der Waals surface area contributed by atoms with Crippen molar-refractivity contribution >= 4 is 0 Å². The molecule has 0 aromatic carbocycles.